The van der Waals surface area contributed by atoms with Crippen LogP contribution in [0.2, 0.25) is 0 Å². The first-order valence-electron chi connectivity index (χ1n) is 5.55. The Morgan fingerprint density at radius 2 is 2.00 bits per heavy atom. The van der Waals surface area contributed by atoms with Crippen molar-refractivity contribution in [1.29, 1.82) is 0 Å². The number of rotatable bonds is 3. The van der Waals surface area contributed by atoms with Crippen LogP contribution in [0.4, 0.5) is 4.39 Å². The Morgan fingerprint density at radius 3 is 2.44 bits per heavy atom. The van der Waals surface area contributed by atoms with Crippen LogP contribution in [0.3, 0.4) is 0 Å². The van der Waals surface area contributed by atoms with E-state index in [-0.39, 0.29) is 17.3 Å². The summed E-state index contributed by atoms with van der Waals surface area (Å²) in [6, 6.07) is 5.12. The lowest BCUT2D eigenvalue weighted by Gasteiger charge is -2.32. The molecule has 0 aliphatic heterocycles. The monoisotopic (exact) mass is 287 g/mol. The van der Waals surface area contributed by atoms with E-state index in [9.17, 15) is 4.39 Å². The molecule has 1 atom stereocenters. The highest BCUT2D eigenvalue weighted by atomic mass is 79.9. The quantitative estimate of drug-likeness (QED) is 0.875. The molecule has 0 radical (unpaired) electrons. The van der Waals surface area contributed by atoms with E-state index < -0.39 is 0 Å². The third-order valence-electron chi connectivity index (χ3n) is 2.56. The van der Waals surface area contributed by atoms with Crippen LogP contribution in [0.5, 0.6) is 0 Å². The molecule has 0 saturated carbocycles. The average molecular weight is 288 g/mol. The fourth-order valence-electron chi connectivity index (χ4n) is 1.83. The molecule has 0 bridgehead atoms. The van der Waals surface area contributed by atoms with Crippen molar-refractivity contribution < 1.29 is 4.39 Å². The fraction of sp³-hybridized carbons (Fsp3) is 0.538. The summed E-state index contributed by atoms with van der Waals surface area (Å²) in [7, 11) is 0. The molecule has 0 fully saturated rings. The second-order valence-electron chi connectivity index (χ2n) is 4.99. The topological polar surface area (TPSA) is 12.0 Å². The van der Waals surface area contributed by atoms with Gasteiger partial charge in [-0.05, 0) is 24.1 Å². The van der Waals surface area contributed by atoms with E-state index in [1.807, 2.05) is 13.0 Å². The highest BCUT2D eigenvalue weighted by Gasteiger charge is 2.29. The maximum atomic E-state index is 13.9. The fourth-order valence-corrected chi connectivity index (χ4v) is 2.40. The Hall–Kier alpha value is -0.410. The van der Waals surface area contributed by atoms with Gasteiger partial charge in [-0.3, -0.25) is 0 Å². The van der Waals surface area contributed by atoms with Gasteiger partial charge < -0.3 is 5.32 Å². The van der Waals surface area contributed by atoms with Gasteiger partial charge in [0.15, 0.2) is 0 Å². The minimum Gasteiger partial charge on any atom is -0.310 e. The van der Waals surface area contributed by atoms with Crippen LogP contribution < -0.4 is 5.32 Å². The van der Waals surface area contributed by atoms with Crippen molar-refractivity contribution >= 4 is 15.9 Å². The molecule has 0 aromatic heterocycles. The molecule has 1 aromatic rings. The molecule has 1 rings (SSSR count). The van der Waals surface area contributed by atoms with Crippen LogP contribution in [0.25, 0.3) is 0 Å². The highest BCUT2D eigenvalue weighted by molar-refractivity contribution is 9.10. The normalized spacial score (nSPS) is 13.9. The van der Waals surface area contributed by atoms with Gasteiger partial charge in [0.25, 0.3) is 0 Å². The third-order valence-corrected chi connectivity index (χ3v) is 3.25. The number of halogens is 2. The van der Waals surface area contributed by atoms with Crippen LogP contribution >= 0.6 is 15.9 Å². The molecule has 1 N–H and O–H groups in total. The smallest absolute Gasteiger partial charge is 0.129 e. The number of hydrogen-bond acceptors (Lipinski definition) is 1. The van der Waals surface area contributed by atoms with Crippen molar-refractivity contribution in [3.8, 4) is 0 Å². The second-order valence-corrected chi connectivity index (χ2v) is 5.85. The number of hydrogen-bond donors (Lipinski definition) is 1. The van der Waals surface area contributed by atoms with Crippen LogP contribution in [-0.2, 0) is 0 Å². The van der Waals surface area contributed by atoms with Gasteiger partial charge in [0.05, 0.1) is 0 Å². The first-order valence-corrected chi connectivity index (χ1v) is 6.34. The molecule has 3 heteroatoms. The summed E-state index contributed by atoms with van der Waals surface area (Å²) in [6.07, 6.45) is 0. The Labute approximate surface area is 106 Å². The first-order chi connectivity index (χ1) is 7.38. The van der Waals surface area contributed by atoms with Gasteiger partial charge in [0.2, 0.25) is 0 Å². The Morgan fingerprint density at radius 1 is 1.38 bits per heavy atom. The SMILES string of the molecule is CCNC(c1c(F)cccc1Br)C(C)(C)C. The van der Waals surface area contributed by atoms with Crippen molar-refractivity contribution in [1.82, 2.24) is 5.32 Å². The van der Waals surface area contributed by atoms with Crippen molar-refractivity contribution in [3.05, 3.63) is 34.1 Å². The molecule has 0 saturated heterocycles. The predicted octanol–water partition coefficient (Wildman–Crippen LogP) is 4.28. The molecule has 0 spiro atoms. The van der Waals surface area contributed by atoms with E-state index in [2.05, 4.69) is 42.0 Å². The van der Waals surface area contributed by atoms with Crippen molar-refractivity contribution in [3.63, 3.8) is 0 Å². The maximum absolute atomic E-state index is 13.9. The summed E-state index contributed by atoms with van der Waals surface area (Å²) in [5.41, 5.74) is 0.692. The van der Waals surface area contributed by atoms with E-state index in [1.165, 1.54) is 6.07 Å². The summed E-state index contributed by atoms with van der Waals surface area (Å²) in [5, 5.41) is 3.35. The molecule has 0 amide bonds. The zero-order valence-electron chi connectivity index (χ0n) is 10.3. The molecular weight excluding hydrogens is 269 g/mol. The second kappa shape index (κ2) is 5.28. The summed E-state index contributed by atoms with van der Waals surface area (Å²) in [5.74, 6) is -0.157. The minimum absolute atomic E-state index is 0.00748. The predicted molar refractivity (Wildman–Crippen MR) is 70.0 cm³/mol. The summed E-state index contributed by atoms with van der Waals surface area (Å²) in [4.78, 5) is 0. The summed E-state index contributed by atoms with van der Waals surface area (Å²) in [6.45, 7) is 9.19. The molecule has 1 unspecified atom stereocenters. The van der Waals surface area contributed by atoms with Gasteiger partial charge in [-0.2, -0.15) is 0 Å². The number of nitrogens with one attached hydrogen (secondary N) is 1. The Balaban J connectivity index is 3.21. The Bertz CT molecular complexity index is 337. The average Bonchev–Trinajstić information content (AvgIpc) is 2.14. The summed E-state index contributed by atoms with van der Waals surface area (Å²) >= 11 is 3.43. The molecule has 0 aliphatic rings. The molecule has 16 heavy (non-hydrogen) atoms. The third kappa shape index (κ3) is 3.05. The van der Waals surface area contributed by atoms with Crippen molar-refractivity contribution in [2.75, 3.05) is 6.54 Å². The summed E-state index contributed by atoms with van der Waals surface area (Å²) < 4.78 is 14.7. The van der Waals surface area contributed by atoms with Gasteiger partial charge in [-0.25, -0.2) is 4.39 Å². The zero-order valence-corrected chi connectivity index (χ0v) is 11.9. The molecule has 0 heterocycles. The maximum Gasteiger partial charge on any atom is 0.129 e. The number of benzene rings is 1. The minimum atomic E-state index is -0.157. The van der Waals surface area contributed by atoms with E-state index in [1.54, 1.807) is 6.07 Å². The standard InChI is InChI=1S/C13H19BrFN/c1-5-16-12(13(2,3)4)11-9(14)7-6-8-10(11)15/h6-8,12,16H,5H2,1-4H3. The first kappa shape index (κ1) is 13.7. The Kier molecular flexibility index (Phi) is 4.51. The molecular formula is C13H19BrFN. The van der Waals surface area contributed by atoms with Crippen LogP contribution in [-0.4, -0.2) is 6.54 Å². The molecule has 90 valence electrons. The molecule has 0 aliphatic carbocycles. The van der Waals surface area contributed by atoms with Gasteiger partial charge in [-0.15, -0.1) is 0 Å². The van der Waals surface area contributed by atoms with Gasteiger partial charge in [-0.1, -0.05) is 49.7 Å². The van der Waals surface area contributed by atoms with Gasteiger partial charge >= 0.3 is 0 Å². The van der Waals surface area contributed by atoms with Crippen LogP contribution in [0, 0.1) is 11.2 Å². The lowest BCUT2D eigenvalue weighted by atomic mass is 9.82. The van der Waals surface area contributed by atoms with Gasteiger partial charge in [0, 0.05) is 16.1 Å². The van der Waals surface area contributed by atoms with E-state index in [0.29, 0.717) is 0 Å². The van der Waals surface area contributed by atoms with Crippen molar-refractivity contribution in [2.45, 2.75) is 33.7 Å². The molecule has 1 nitrogen and oxygen atoms in total. The van der Waals surface area contributed by atoms with Crippen LogP contribution in [0.1, 0.15) is 39.3 Å². The lowest BCUT2D eigenvalue weighted by Crippen LogP contribution is -2.33. The highest BCUT2D eigenvalue weighted by Crippen LogP contribution is 2.37. The van der Waals surface area contributed by atoms with E-state index in [0.717, 1.165) is 16.6 Å². The van der Waals surface area contributed by atoms with E-state index in [4.69, 9.17) is 0 Å². The zero-order chi connectivity index (χ0) is 12.3. The van der Waals surface area contributed by atoms with Crippen molar-refractivity contribution in [2.24, 2.45) is 5.41 Å². The lowest BCUT2D eigenvalue weighted by molar-refractivity contribution is 0.269. The molecule has 1 aromatic carbocycles. The van der Waals surface area contributed by atoms with E-state index >= 15 is 0 Å². The van der Waals surface area contributed by atoms with Gasteiger partial charge in [0.1, 0.15) is 5.82 Å². The van der Waals surface area contributed by atoms with Crippen LogP contribution in [0.15, 0.2) is 22.7 Å². The largest absolute Gasteiger partial charge is 0.310 e.